The van der Waals surface area contributed by atoms with E-state index in [4.69, 9.17) is 9.47 Å². The smallest absolute Gasteiger partial charge is 0.293 e. The Hall–Kier alpha value is -1.95. The van der Waals surface area contributed by atoms with Crippen LogP contribution in [0.4, 0.5) is 4.79 Å². The van der Waals surface area contributed by atoms with Crippen LogP contribution in [0.15, 0.2) is 23.1 Å². The van der Waals surface area contributed by atoms with Gasteiger partial charge in [0.15, 0.2) is 11.5 Å². The molecule has 0 saturated carbocycles. The van der Waals surface area contributed by atoms with Crippen LogP contribution < -0.4 is 9.47 Å². The molecule has 2 rings (SSSR count). The molecule has 0 aromatic heterocycles. The van der Waals surface area contributed by atoms with Crippen molar-refractivity contribution in [2.24, 2.45) is 0 Å². The van der Waals surface area contributed by atoms with Gasteiger partial charge in [0.25, 0.3) is 11.1 Å². The van der Waals surface area contributed by atoms with Crippen molar-refractivity contribution >= 4 is 29.0 Å². The summed E-state index contributed by atoms with van der Waals surface area (Å²) in [5.74, 6) is 1.05. The number of amides is 2. The Labute approximate surface area is 147 Å². The lowest BCUT2D eigenvalue weighted by atomic mass is 10.1. The Balaban J connectivity index is 2.24. The van der Waals surface area contributed by atoms with Gasteiger partial charge >= 0.3 is 0 Å². The van der Waals surface area contributed by atoms with E-state index in [9.17, 15) is 9.59 Å². The lowest BCUT2D eigenvalue weighted by Crippen LogP contribution is -2.34. The SMILES string of the molecule is CCCCOc1cc(/C=C2\SC(=O)N(C(C)C)C2=O)ccc1OC. The zero-order valence-electron chi connectivity index (χ0n) is 14.5. The fourth-order valence-corrected chi connectivity index (χ4v) is 3.26. The maximum absolute atomic E-state index is 12.3. The Bertz CT molecular complexity index is 654. The van der Waals surface area contributed by atoms with Gasteiger partial charge in [-0.3, -0.25) is 14.5 Å². The molecule has 0 atom stereocenters. The number of unbranched alkanes of at least 4 members (excludes halogenated alkanes) is 1. The minimum Gasteiger partial charge on any atom is -0.493 e. The van der Waals surface area contributed by atoms with Crippen molar-refractivity contribution in [3.8, 4) is 11.5 Å². The van der Waals surface area contributed by atoms with Gasteiger partial charge < -0.3 is 9.47 Å². The largest absolute Gasteiger partial charge is 0.493 e. The molecule has 1 fully saturated rings. The second-order valence-electron chi connectivity index (χ2n) is 5.76. The first-order valence-corrected chi connectivity index (χ1v) is 8.87. The maximum atomic E-state index is 12.3. The number of hydrogen-bond donors (Lipinski definition) is 0. The highest BCUT2D eigenvalue weighted by Crippen LogP contribution is 2.35. The van der Waals surface area contributed by atoms with Crippen LogP contribution in [-0.2, 0) is 4.79 Å². The monoisotopic (exact) mass is 349 g/mol. The first-order valence-electron chi connectivity index (χ1n) is 8.05. The van der Waals surface area contributed by atoms with E-state index >= 15 is 0 Å². The number of rotatable bonds is 7. The van der Waals surface area contributed by atoms with Gasteiger partial charge in [0.1, 0.15) is 0 Å². The van der Waals surface area contributed by atoms with Crippen LogP contribution in [-0.4, -0.2) is 35.8 Å². The quantitative estimate of drug-likeness (QED) is 0.542. The summed E-state index contributed by atoms with van der Waals surface area (Å²) in [7, 11) is 1.59. The summed E-state index contributed by atoms with van der Waals surface area (Å²) in [4.78, 5) is 26.0. The van der Waals surface area contributed by atoms with Gasteiger partial charge in [-0.05, 0) is 55.8 Å². The van der Waals surface area contributed by atoms with Gasteiger partial charge in [-0.2, -0.15) is 0 Å². The van der Waals surface area contributed by atoms with Gasteiger partial charge in [0.05, 0.1) is 18.6 Å². The van der Waals surface area contributed by atoms with E-state index in [1.807, 2.05) is 26.0 Å². The molecule has 0 N–H and O–H groups in total. The zero-order chi connectivity index (χ0) is 17.7. The minimum absolute atomic E-state index is 0.146. The number of methoxy groups -OCH3 is 1. The second kappa shape index (κ2) is 8.24. The lowest BCUT2D eigenvalue weighted by molar-refractivity contribution is -0.123. The maximum Gasteiger partial charge on any atom is 0.293 e. The molecule has 0 bridgehead atoms. The normalized spacial score (nSPS) is 16.4. The standard InChI is InChI=1S/C18H23NO4S/c1-5-6-9-23-15-10-13(7-8-14(15)22-4)11-16-17(20)19(12(2)3)18(21)24-16/h7-8,10-12H,5-6,9H2,1-4H3/b16-11-. The van der Waals surface area contributed by atoms with Crippen LogP contribution in [0.2, 0.25) is 0 Å². The van der Waals surface area contributed by atoms with Gasteiger partial charge in [0.2, 0.25) is 0 Å². The summed E-state index contributed by atoms with van der Waals surface area (Å²) in [5.41, 5.74) is 0.802. The molecule has 24 heavy (non-hydrogen) atoms. The molecule has 1 aromatic carbocycles. The fourth-order valence-electron chi connectivity index (χ4n) is 2.30. The molecule has 0 unspecified atom stereocenters. The van der Waals surface area contributed by atoms with Crippen molar-refractivity contribution in [1.82, 2.24) is 4.90 Å². The lowest BCUT2D eigenvalue weighted by Gasteiger charge is -2.16. The van der Waals surface area contributed by atoms with E-state index in [2.05, 4.69) is 6.92 Å². The molecule has 2 amide bonds. The molecule has 1 aromatic rings. The van der Waals surface area contributed by atoms with Crippen molar-refractivity contribution in [1.29, 1.82) is 0 Å². The first kappa shape index (κ1) is 18.4. The van der Waals surface area contributed by atoms with E-state index in [1.165, 1.54) is 4.90 Å². The third-order valence-corrected chi connectivity index (χ3v) is 4.46. The molecule has 0 spiro atoms. The number of carbonyl (C=O) groups excluding carboxylic acids is 2. The predicted octanol–water partition coefficient (Wildman–Crippen LogP) is 4.32. The van der Waals surface area contributed by atoms with E-state index in [0.29, 0.717) is 23.0 Å². The Kier molecular flexibility index (Phi) is 6.31. The van der Waals surface area contributed by atoms with Gasteiger partial charge in [-0.1, -0.05) is 19.4 Å². The van der Waals surface area contributed by atoms with E-state index in [-0.39, 0.29) is 17.2 Å². The summed E-state index contributed by atoms with van der Waals surface area (Å²) < 4.78 is 11.1. The molecule has 5 nitrogen and oxygen atoms in total. The zero-order valence-corrected chi connectivity index (χ0v) is 15.3. The Morgan fingerprint density at radius 1 is 1.25 bits per heavy atom. The number of hydrogen-bond acceptors (Lipinski definition) is 5. The van der Waals surface area contributed by atoms with Crippen LogP contribution in [0.5, 0.6) is 11.5 Å². The van der Waals surface area contributed by atoms with Crippen LogP contribution in [0.1, 0.15) is 39.2 Å². The van der Waals surface area contributed by atoms with Crippen LogP contribution in [0, 0.1) is 0 Å². The Morgan fingerprint density at radius 2 is 2.00 bits per heavy atom. The van der Waals surface area contributed by atoms with E-state index < -0.39 is 0 Å². The van der Waals surface area contributed by atoms with Gasteiger partial charge in [-0.25, -0.2) is 0 Å². The minimum atomic E-state index is -0.246. The van der Waals surface area contributed by atoms with Gasteiger partial charge in [-0.15, -0.1) is 0 Å². The molecule has 1 aliphatic heterocycles. The number of carbonyl (C=O) groups is 2. The summed E-state index contributed by atoms with van der Waals surface area (Å²) in [6, 6.07) is 5.33. The average Bonchev–Trinajstić information content (AvgIpc) is 2.82. The predicted molar refractivity (Wildman–Crippen MR) is 96.3 cm³/mol. The van der Waals surface area contributed by atoms with E-state index in [1.54, 1.807) is 19.3 Å². The topological polar surface area (TPSA) is 55.8 Å². The van der Waals surface area contributed by atoms with Crippen LogP contribution in [0.25, 0.3) is 6.08 Å². The number of benzene rings is 1. The highest BCUT2D eigenvalue weighted by molar-refractivity contribution is 8.18. The van der Waals surface area contributed by atoms with Crippen molar-refractivity contribution in [2.75, 3.05) is 13.7 Å². The third kappa shape index (κ3) is 4.12. The van der Waals surface area contributed by atoms with Crippen molar-refractivity contribution in [3.05, 3.63) is 28.7 Å². The fraction of sp³-hybridized carbons (Fsp3) is 0.444. The van der Waals surface area contributed by atoms with Gasteiger partial charge in [0, 0.05) is 6.04 Å². The molecule has 1 saturated heterocycles. The van der Waals surface area contributed by atoms with Crippen LogP contribution in [0.3, 0.4) is 0 Å². The summed E-state index contributed by atoms with van der Waals surface area (Å²) in [6.45, 7) is 6.36. The average molecular weight is 349 g/mol. The molecule has 0 radical (unpaired) electrons. The number of thioether (sulfide) groups is 1. The Morgan fingerprint density at radius 3 is 2.58 bits per heavy atom. The molecule has 1 heterocycles. The number of nitrogens with zero attached hydrogens (tertiary/aromatic N) is 1. The highest BCUT2D eigenvalue weighted by atomic mass is 32.2. The molecule has 130 valence electrons. The number of ether oxygens (including phenoxy) is 2. The van der Waals surface area contributed by atoms with Crippen molar-refractivity contribution < 1.29 is 19.1 Å². The third-order valence-electron chi connectivity index (χ3n) is 3.58. The number of imide groups is 1. The first-order chi connectivity index (χ1) is 11.5. The summed E-state index contributed by atoms with van der Waals surface area (Å²) in [6.07, 6.45) is 3.73. The van der Waals surface area contributed by atoms with Crippen molar-refractivity contribution in [2.45, 2.75) is 39.7 Å². The molecular formula is C18H23NO4S. The second-order valence-corrected chi connectivity index (χ2v) is 6.75. The summed E-state index contributed by atoms with van der Waals surface area (Å²) >= 11 is 0.969. The van der Waals surface area contributed by atoms with Crippen molar-refractivity contribution in [3.63, 3.8) is 0 Å². The molecule has 1 aliphatic rings. The summed E-state index contributed by atoms with van der Waals surface area (Å²) in [5, 5.41) is -0.228. The molecule has 6 heteroatoms. The highest BCUT2D eigenvalue weighted by Gasteiger charge is 2.36. The molecule has 0 aliphatic carbocycles. The van der Waals surface area contributed by atoms with Crippen LogP contribution >= 0.6 is 11.8 Å². The van der Waals surface area contributed by atoms with E-state index in [0.717, 1.165) is 30.2 Å². The molecular weight excluding hydrogens is 326 g/mol.